The van der Waals surface area contributed by atoms with E-state index in [4.69, 9.17) is 4.74 Å². The van der Waals surface area contributed by atoms with Crippen molar-refractivity contribution >= 4 is 21.7 Å². The molecule has 0 saturated heterocycles. The Morgan fingerprint density at radius 2 is 2.00 bits per heavy atom. The minimum atomic E-state index is 0.0416. The van der Waals surface area contributed by atoms with Crippen molar-refractivity contribution in [3.8, 4) is 5.75 Å². The molecule has 0 unspecified atom stereocenters. The third-order valence-corrected chi connectivity index (χ3v) is 4.25. The van der Waals surface area contributed by atoms with Gasteiger partial charge in [0.2, 0.25) is 0 Å². The number of aromatic nitrogens is 1. The number of nitrogens with zero attached hydrogens (tertiary/aromatic N) is 1. The number of hydrogen-bond donors (Lipinski definition) is 1. The lowest BCUT2D eigenvalue weighted by molar-refractivity contribution is 0.322. The van der Waals surface area contributed by atoms with Crippen molar-refractivity contribution in [2.75, 3.05) is 18.5 Å². The van der Waals surface area contributed by atoms with E-state index in [0.29, 0.717) is 6.61 Å². The van der Waals surface area contributed by atoms with E-state index in [9.17, 15) is 0 Å². The number of anilines is 1. The maximum atomic E-state index is 6.01. The molecular formula is C18H23BrN2O. The maximum absolute atomic E-state index is 6.01. The number of nitrogens with one attached hydrogen (secondary N) is 1. The number of pyridine rings is 1. The van der Waals surface area contributed by atoms with Crippen LogP contribution in [-0.2, 0) is 5.41 Å². The molecule has 2 rings (SSSR count). The van der Waals surface area contributed by atoms with Gasteiger partial charge in [-0.25, -0.2) is 4.98 Å². The third-order valence-electron chi connectivity index (χ3n) is 3.40. The van der Waals surface area contributed by atoms with Gasteiger partial charge in [0.05, 0.1) is 6.54 Å². The molecule has 0 aliphatic rings. The van der Waals surface area contributed by atoms with E-state index in [2.05, 4.69) is 66.1 Å². The van der Waals surface area contributed by atoms with Gasteiger partial charge in [-0.1, -0.05) is 42.8 Å². The Balaban J connectivity index is 2.01. The van der Waals surface area contributed by atoms with Crippen molar-refractivity contribution in [1.82, 2.24) is 4.98 Å². The van der Waals surface area contributed by atoms with Gasteiger partial charge in [-0.2, -0.15) is 0 Å². The van der Waals surface area contributed by atoms with Crippen LogP contribution in [0.2, 0.25) is 0 Å². The minimum Gasteiger partial charge on any atom is -0.491 e. The molecule has 4 heteroatoms. The average molecular weight is 363 g/mol. The van der Waals surface area contributed by atoms with Gasteiger partial charge in [0.15, 0.2) is 0 Å². The highest BCUT2D eigenvalue weighted by Crippen LogP contribution is 2.35. The summed E-state index contributed by atoms with van der Waals surface area (Å²) in [5, 5.41) is 3.25. The number of rotatable bonds is 5. The summed E-state index contributed by atoms with van der Waals surface area (Å²) in [5.74, 6) is 1.82. The number of hydrogen-bond acceptors (Lipinski definition) is 3. The van der Waals surface area contributed by atoms with Gasteiger partial charge in [-0.3, -0.25) is 0 Å². The zero-order chi connectivity index (χ0) is 16.2. The van der Waals surface area contributed by atoms with Crippen molar-refractivity contribution in [3.63, 3.8) is 0 Å². The highest BCUT2D eigenvalue weighted by atomic mass is 79.9. The van der Waals surface area contributed by atoms with Crippen LogP contribution in [0.4, 0.5) is 5.82 Å². The molecule has 0 saturated carbocycles. The van der Waals surface area contributed by atoms with Crippen LogP contribution in [0.15, 0.2) is 41.0 Å². The van der Waals surface area contributed by atoms with Crippen molar-refractivity contribution in [2.24, 2.45) is 0 Å². The lowest BCUT2D eigenvalue weighted by atomic mass is 9.86. The Hall–Kier alpha value is -1.55. The van der Waals surface area contributed by atoms with Gasteiger partial charge in [-0.05, 0) is 42.2 Å². The first-order valence-electron chi connectivity index (χ1n) is 7.46. The monoisotopic (exact) mass is 362 g/mol. The highest BCUT2D eigenvalue weighted by Gasteiger charge is 2.20. The quantitative estimate of drug-likeness (QED) is 0.764. The molecule has 1 aromatic carbocycles. The summed E-state index contributed by atoms with van der Waals surface area (Å²) in [6.07, 6.45) is 1.78. The molecule has 0 aliphatic carbocycles. The summed E-state index contributed by atoms with van der Waals surface area (Å²) < 4.78 is 7.13. The summed E-state index contributed by atoms with van der Waals surface area (Å²) in [6, 6.07) is 10.1. The smallest absolute Gasteiger partial charge is 0.125 e. The van der Waals surface area contributed by atoms with E-state index in [-0.39, 0.29) is 5.41 Å². The standard InChI is InChI=1S/C18H23BrN2O/c1-13-11-16(14(12-15(13)19)18(2,3)4)22-10-9-21-17-7-5-6-8-20-17/h5-8,11-12H,9-10H2,1-4H3,(H,20,21). The Morgan fingerprint density at radius 1 is 1.23 bits per heavy atom. The number of aryl methyl sites for hydroxylation is 1. The summed E-state index contributed by atoms with van der Waals surface area (Å²) in [5.41, 5.74) is 2.43. The predicted octanol–water partition coefficient (Wildman–Crippen LogP) is 4.94. The van der Waals surface area contributed by atoms with Crippen LogP contribution in [0.25, 0.3) is 0 Å². The first-order valence-corrected chi connectivity index (χ1v) is 8.25. The zero-order valence-electron chi connectivity index (χ0n) is 13.6. The number of halogens is 1. The van der Waals surface area contributed by atoms with Gasteiger partial charge >= 0.3 is 0 Å². The van der Waals surface area contributed by atoms with Crippen LogP contribution in [0.3, 0.4) is 0 Å². The molecule has 1 aromatic heterocycles. The molecule has 118 valence electrons. The van der Waals surface area contributed by atoms with Crippen LogP contribution in [-0.4, -0.2) is 18.1 Å². The van der Waals surface area contributed by atoms with Crippen LogP contribution in [0.5, 0.6) is 5.75 Å². The first kappa shape index (κ1) is 16.8. The molecule has 0 aliphatic heterocycles. The van der Waals surface area contributed by atoms with E-state index < -0.39 is 0 Å². The normalized spacial score (nSPS) is 11.3. The Morgan fingerprint density at radius 3 is 2.64 bits per heavy atom. The minimum absolute atomic E-state index is 0.0416. The molecule has 0 atom stereocenters. The molecule has 3 nitrogen and oxygen atoms in total. The molecule has 22 heavy (non-hydrogen) atoms. The summed E-state index contributed by atoms with van der Waals surface area (Å²) in [4.78, 5) is 4.23. The predicted molar refractivity (Wildman–Crippen MR) is 95.8 cm³/mol. The summed E-state index contributed by atoms with van der Waals surface area (Å²) in [6.45, 7) is 9.99. The second-order valence-electron chi connectivity index (χ2n) is 6.34. The highest BCUT2D eigenvalue weighted by molar-refractivity contribution is 9.10. The lowest BCUT2D eigenvalue weighted by Crippen LogP contribution is -2.17. The van der Waals surface area contributed by atoms with E-state index in [1.165, 1.54) is 11.1 Å². The van der Waals surface area contributed by atoms with Crippen LogP contribution in [0.1, 0.15) is 31.9 Å². The second-order valence-corrected chi connectivity index (χ2v) is 7.19. The number of benzene rings is 1. The lowest BCUT2D eigenvalue weighted by Gasteiger charge is -2.24. The zero-order valence-corrected chi connectivity index (χ0v) is 15.2. The number of ether oxygens (including phenoxy) is 1. The van der Waals surface area contributed by atoms with E-state index in [1.807, 2.05) is 18.2 Å². The first-order chi connectivity index (χ1) is 10.4. The largest absolute Gasteiger partial charge is 0.491 e. The fourth-order valence-corrected chi connectivity index (χ4v) is 2.51. The van der Waals surface area contributed by atoms with E-state index >= 15 is 0 Å². The molecule has 1 N–H and O–H groups in total. The van der Waals surface area contributed by atoms with Crippen LogP contribution < -0.4 is 10.1 Å². The van der Waals surface area contributed by atoms with Gasteiger partial charge in [-0.15, -0.1) is 0 Å². The fourth-order valence-electron chi connectivity index (χ4n) is 2.17. The Kier molecular flexibility index (Phi) is 5.46. The SMILES string of the molecule is Cc1cc(OCCNc2ccccn2)c(C(C)(C)C)cc1Br. The molecule has 0 radical (unpaired) electrons. The maximum Gasteiger partial charge on any atom is 0.125 e. The summed E-state index contributed by atoms with van der Waals surface area (Å²) >= 11 is 3.61. The van der Waals surface area contributed by atoms with E-state index in [0.717, 1.165) is 22.6 Å². The van der Waals surface area contributed by atoms with Crippen molar-refractivity contribution in [2.45, 2.75) is 33.1 Å². The molecule has 0 bridgehead atoms. The van der Waals surface area contributed by atoms with Gasteiger partial charge < -0.3 is 10.1 Å². The average Bonchev–Trinajstić information content (AvgIpc) is 2.47. The third kappa shape index (κ3) is 4.47. The topological polar surface area (TPSA) is 34.1 Å². The van der Waals surface area contributed by atoms with Gasteiger partial charge in [0, 0.05) is 16.2 Å². The molecular weight excluding hydrogens is 340 g/mol. The molecule has 0 spiro atoms. The van der Waals surface area contributed by atoms with Crippen molar-refractivity contribution < 1.29 is 4.74 Å². The Labute approximate surface area is 141 Å². The molecule has 0 amide bonds. The molecule has 2 aromatic rings. The van der Waals surface area contributed by atoms with E-state index in [1.54, 1.807) is 6.20 Å². The van der Waals surface area contributed by atoms with Crippen molar-refractivity contribution in [1.29, 1.82) is 0 Å². The van der Waals surface area contributed by atoms with Gasteiger partial charge in [0.1, 0.15) is 18.2 Å². The van der Waals surface area contributed by atoms with Gasteiger partial charge in [0.25, 0.3) is 0 Å². The second kappa shape index (κ2) is 7.14. The Bertz CT molecular complexity index is 621. The van der Waals surface area contributed by atoms with Crippen molar-refractivity contribution in [3.05, 3.63) is 52.1 Å². The fraction of sp³-hybridized carbons (Fsp3) is 0.389. The van der Waals surface area contributed by atoms with Crippen LogP contribution >= 0.6 is 15.9 Å². The molecule has 1 heterocycles. The van der Waals surface area contributed by atoms with Crippen LogP contribution in [0, 0.1) is 6.92 Å². The summed E-state index contributed by atoms with van der Waals surface area (Å²) in [7, 11) is 0. The molecule has 0 fully saturated rings.